The van der Waals surface area contributed by atoms with Crippen LogP contribution in [0.3, 0.4) is 0 Å². The van der Waals surface area contributed by atoms with Crippen LogP contribution in [0.25, 0.3) is 0 Å². The summed E-state index contributed by atoms with van der Waals surface area (Å²) in [6.45, 7) is 0. The molecule has 0 fully saturated rings. The number of anilines is 2. The van der Waals surface area contributed by atoms with Crippen molar-refractivity contribution in [1.82, 2.24) is 4.98 Å². The fourth-order valence-corrected chi connectivity index (χ4v) is 2.46. The van der Waals surface area contributed by atoms with Gasteiger partial charge in [0, 0.05) is 28.7 Å². The summed E-state index contributed by atoms with van der Waals surface area (Å²) in [5, 5.41) is 5.58. The van der Waals surface area contributed by atoms with Gasteiger partial charge in [0.2, 0.25) is 0 Å². The van der Waals surface area contributed by atoms with Crippen LogP contribution in [0.1, 0.15) is 20.7 Å². The summed E-state index contributed by atoms with van der Waals surface area (Å²) in [6.07, 6.45) is 3.11. The molecule has 0 bridgehead atoms. The van der Waals surface area contributed by atoms with E-state index in [1.807, 2.05) is 6.07 Å². The smallest absolute Gasteiger partial charge is 0.257 e. The molecule has 25 heavy (non-hydrogen) atoms. The molecule has 0 aliphatic rings. The quantitative estimate of drug-likeness (QED) is 0.626. The molecular weight excluding hydrogens is 334 g/mol. The van der Waals surface area contributed by atoms with Gasteiger partial charge in [0.1, 0.15) is 0 Å². The Hall–Kier alpha value is -3.12. The predicted octanol–water partition coefficient (Wildman–Crippen LogP) is 3.87. The maximum absolute atomic E-state index is 12.2. The van der Waals surface area contributed by atoms with Crippen molar-refractivity contribution in [2.24, 2.45) is 0 Å². The van der Waals surface area contributed by atoms with Gasteiger partial charge in [0.25, 0.3) is 11.8 Å². The van der Waals surface area contributed by atoms with E-state index in [0.29, 0.717) is 27.4 Å². The van der Waals surface area contributed by atoms with E-state index >= 15 is 0 Å². The highest BCUT2D eigenvalue weighted by Crippen LogP contribution is 2.18. The van der Waals surface area contributed by atoms with Gasteiger partial charge >= 0.3 is 0 Å². The molecule has 6 heteroatoms. The second-order valence-corrected chi connectivity index (χ2v) is 5.73. The number of benzene rings is 2. The molecule has 0 aliphatic carbocycles. The summed E-state index contributed by atoms with van der Waals surface area (Å²) in [5.41, 5.74) is 2.23. The van der Waals surface area contributed by atoms with Crippen molar-refractivity contribution in [3.63, 3.8) is 0 Å². The first kappa shape index (κ1) is 16.7. The molecule has 0 saturated carbocycles. The van der Waals surface area contributed by atoms with Gasteiger partial charge in [-0.25, -0.2) is 0 Å². The van der Waals surface area contributed by atoms with Crippen LogP contribution >= 0.6 is 12.6 Å². The number of hydrogen-bond donors (Lipinski definition) is 3. The Morgan fingerprint density at radius 2 is 1.44 bits per heavy atom. The molecule has 2 amide bonds. The van der Waals surface area contributed by atoms with Crippen LogP contribution in [0, 0.1) is 0 Å². The van der Waals surface area contributed by atoms with Gasteiger partial charge in [0.05, 0.1) is 11.1 Å². The summed E-state index contributed by atoms with van der Waals surface area (Å²) < 4.78 is 0. The molecule has 0 unspecified atom stereocenters. The summed E-state index contributed by atoms with van der Waals surface area (Å²) in [4.78, 5) is 28.8. The lowest BCUT2D eigenvalue weighted by Gasteiger charge is -2.09. The molecule has 0 aliphatic heterocycles. The number of rotatable bonds is 4. The summed E-state index contributed by atoms with van der Waals surface area (Å²) in [7, 11) is 0. The second-order valence-electron chi connectivity index (χ2n) is 5.24. The van der Waals surface area contributed by atoms with Gasteiger partial charge in [-0.1, -0.05) is 12.1 Å². The third-order valence-electron chi connectivity index (χ3n) is 3.47. The Morgan fingerprint density at radius 1 is 0.800 bits per heavy atom. The zero-order valence-electron chi connectivity index (χ0n) is 13.1. The highest BCUT2D eigenvalue weighted by atomic mass is 32.1. The van der Waals surface area contributed by atoms with Crippen LogP contribution in [-0.2, 0) is 0 Å². The standard InChI is InChI=1S/C19H15N3O2S/c23-18(13-4-3-11-20-12-13)21-14-7-9-15(10-8-14)22-19(24)16-5-1-2-6-17(16)25/h1-12,25H,(H,21,23)(H,22,24). The Bertz CT molecular complexity index is 896. The van der Waals surface area contributed by atoms with Crippen LogP contribution in [0.15, 0.2) is 78.0 Å². The van der Waals surface area contributed by atoms with Gasteiger partial charge in [-0.3, -0.25) is 14.6 Å². The van der Waals surface area contributed by atoms with Gasteiger partial charge in [-0.05, 0) is 48.5 Å². The number of nitrogens with zero attached hydrogens (tertiary/aromatic N) is 1. The highest BCUT2D eigenvalue weighted by Gasteiger charge is 2.09. The molecule has 2 N–H and O–H groups in total. The monoisotopic (exact) mass is 349 g/mol. The molecule has 1 heterocycles. The van der Waals surface area contributed by atoms with Gasteiger partial charge in [-0.15, -0.1) is 12.6 Å². The van der Waals surface area contributed by atoms with Crippen molar-refractivity contribution in [2.75, 3.05) is 10.6 Å². The number of amides is 2. The number of thiol groups is 1. The maximum atomic E-state index is 12.2. The topological polar surface area (TPSA) is 71.1 Å². The largest absolute Gasteiger partial charge is 0.322 e. The van der Waals surface area contributed by atoms with Crippen molar-refractivity contribution >= 4 is 35.8 Å². The molecule has 0 radical (unpaired) electrons. The van der Waals surface area contributed by atoms with Gasteiger partial charge in [-0.2, -0.15) is 0 Å². The van der Waals surface area contributed by atoms with E-state index in [0.717, 1.165) is 0 Å². The molecule has 5 nitrogen and oxygen atoms in total. The fourth-order valence-electron chi connectivity index (χ4n) is 2.20. The number of carbonyl (C=O) groups is 2. The molecule has 3 aromatic rings. The third-order valence-corrected chi connectivity index (χ3v) is 3.86. The molecule has 1 aromatic heterocycles. The molecule has 3 rings (SSSR count). The van der Waals surface area contributed by atoms with Crippen LogP contribution in [0.4, 0.5) is 11.4 Å². The van der Waals surface area contributed by atoms with Crippen molar-refractivity contribution < 1.29 is 9.59 Å². The van der Waals surface area contributed by atoms with Crippen molar-refractivity contribution in [2.45, 2.75) is 4.90 Å². The summed E-state index contributed by atoms with van der Waals surface area (Å²) in [5.74, 6) is -0.480. The molecule has 0 atom stereocenters. The third kappa shape index (κ3) is 4.24. The van der Waals surface area contributed by atoms with E-state index in [1.165, 1.54) is 6.20 Å². The van der Waals surface area contributed by atoms with Gasteiger partial charge in [0.15, 0.2) is 0 Å². The predicted molar refractivity (Wildman–Crippen MR) is 100 cm³/mol. The zero-order chi connectivity index (χ0) is 17.6. The van der Waals surface area contributed by atoms with Crippen molar-refractivity contribution in [3.8, 4) is 0 Å². The number of nitrogens with one attached hydrogen (secondary N) is 2. The fraction of sp³-hybridized carbons (Fsp3) is 0. The van der Waals surface area contributed by atoms with Crippen LogP contribution in [-0.4, -0.2) is 16.8 Å². The van der Waals surface area contributed by atoms with Crippen LogP contribution in [0.2, 0.25) is 0 Å². The van der Waals surface area contributed by atoms with E-state index in [-0.39, 0.29) is 11.8 Å². The van der Waals surface area contributed by atoms with Crippen LogP contribution < -0.4 is 10.6 Å². The van der Waals surface area contributed by atoms with E-state index in [2.05, 4.69) is 28.2 Å². The van der Waals surface area contributed by atoms with Crippen molar-refractivity contribution in [1.29, 1.82) is 0 Å². The minimum absolute atomic E-state index is 0.238. The van der Waals surface area contributed by atoms with E-state index in [9.17, 15) is 9.59 Å². The summed E-state index contributed by atoms with van der Waals surface area (Å²) in [6, 6.07) is 17.3. The number of pyridine rings is 1. The number of carbonyl (C=O) groups excluding carboxylic acids is 2. The first-order chi connectivity index (χ1) is 12.1. The SMILES string of the molecule is O=C(Nc1ccc(NC(=O)c2ccccc2S)cc1)c1cccnc1. The normalized spacial score (nSPS) is 10.1. The van der Waals surface area contributed by atoms with Crippen LogP contribution in [0.5, 0.6) is 0 Å². The Morgan fingerprint density at radius 3 is 2.04 bits per heavy atom. The molecule has 0 saturated heterocycles. The summed E-state index contributed by atoms with van der Waals surface area (Å²) >= 11 is 4.28. The lowest BCUT2D eigenvalue weighted by Crippen LogP contribution is -2.13. The zero-order valence-corrected chi connectivity index (χ0v) is 14.0. The lowest BCUT2D eigenvalue weighted by molar-refractivity contribution is 0.101. The molecule has 2 aromatic carbocycles. The highest BCUT2D eigenvalue weighted by molar-refractivity contribution is 7.80. The Balaban J connectivity index is 1.65. The van der Waals surface area contributed by atoms with E-state index < -0.39 is 0 Å². The minimum atomic E-state index is -0.242. The minimum Gasteiger partial charge on any atom is -0.322 e. The average Bonchev–Trinajstić information content (AvgIpc) is 2.64. The van der Waals surface area contributed by atoms with Crippen molar-refractivity contribution in [3.05, 3.63) is 84.2 Å². The second kappa shape index (κ2) is 7.63. The van der Waals surface area contributed by atoms with E-state index in [4.69, 9.17) is 0 Å². The Labute approximate surface area is 150 Å². The first-order valence-electron chi connectivity index (χ1n) is 7.54. The number of hydrogen-bond acceptors (Lipinski definition) is 4. The first-order valence-corrected chi connectivity index (χ1v) is 7.99. The number of aromatic nitrogens is 1. The van der Waals surface area contributed by atoms with E-state index in [1.54, 1.807) is 60.8 Å². The van der Waals surface area contributed by atoms with Gasteiger partial charge < -0.3 is 10.6 Å². The molecular formula is C19H15N3O2S. The average molecular weight is 349 g/mol. The molecule has 0 spiro atoms. The maximum Gasteiger partial charge on any atom is 0.257 e. The molecule has 124 valence electrons. The Kier molecular flexibility index (Phi) is 5.11. The lowest BCUT2D eigenvalue weighted by atomic mass is 10.2.